The molecule has 3 nitrogen and oxygen atoms in total. The standard InChI is InChI=1S/C42H26N2O/c1-3-13-32-27(9-1)11-7-15-34(32)31-23-24-38-37(25-31)36(26-40(43-38)35-16-8-12-28-10-2-4-14-33(28)35)29-19-21-30(22-20-29)42-44-39-17-5-6-18-41(39)45-42/h1-26H. The van der Waals surface area contributed by atoms with Crippen molar-refractivity contribution in [2.45, 2.75) is 0 Å². The van der Waals surface area contributed by atoms with E-state index in [-0.39, 0.29) is 0 Å². The Hall–Kier alpha value is -6.06. The SMILES string of the molecule is c1ccc2c(-c3ccc4nc(-c5cccc6ccccc56)cc(-c5ccc(-c6nc7ccccc7o6)cc5)c4c3)cccc2c1. The molecule has 45 heavy (non-hydrogen) atoms. The molecule has 3 heteroatoms. The minimum Gasteiger partial charge on any atom is -0.436 e. The molecule has 9 rings (SSSR count). The molecule has 2 aromatic heterocycles. The highest BCUT2D eigenvalue weighted by Crippen LogP contribution is 2.38. The van der Waals surface area contributed by atoms with Gasteiger partial charge in [-0.15, -0.1) is 0 Å². The highest BCUT2D eigenvalue weighted by molar-refractivity contribution is 6.04. The molecule has 0 unspecified atom stereocenters. The fourth-order valence-corrected chi connectivity index (χ4v) is 6.48. The van der Waals surface area contributed by atoms with Crippen LogP contribution in [0.15, 0.2) is 162 Å². The molecule has 0 fully saturated rings. The summed E-state index contributed by atoms with van der Waals surface area (Å²) in [6.45, 7) is 0. The molecule has 0 radical (unpaired) electrons. The van der Waals surface area contributed by atoms with Gasteiger partial charge >= 0.3 is 0 Å². The van der Waals surface area contributed by atoms with Crippen LogP contribution >= 0.6 is 0 Å². The highest BCUT2D eigenvalue weighted by Gasteiger charge is 2.15. The van der Waals surface area contributed by atoms with E-state index < -0.39 is 0 Å². The van der Waals surface area contributed by atoms with Crippen LogP contribution in [0.4, 0.5) is 0 Å². The van der Waals surface area contributed by atoms with Crippen molar-refractivity contribution >= 4 is 43.5 Å². The van der Waals surface area contributed by atoms with E-state index in [2.05, 4.69) is 133 Å². The second kappa shape index (κ2) is 10.3. The third-order valence-corrected chi connectivity index (χ3v) is 8.71. The van der Waals surface area contributed by atoms with E-state index in [1.165, 1.54) is 32.7 Å². The Morgan fingerprint density at radius 3 is 1.78 bits per heavy atom. The van der Waals surface area contributed by atoms with Crippen molar-refractivity contribution in [3.8, 4) is 45.0 Å². The summed E-state index contributed by atoms with van der Waals surface area (Å²) in [6.07, 6.45) is 0. The van der Waals surface area contributed by atoms with Gasteiger partial charge in [0.1, 0.15) is 5.52 Å². The zero-order chi connectivity index (χ0) is 29.7. The lowest BCUT2D eigenvalue weighted by molar-refractivity contribution is 0.620. The van der Waals surface area contributed by atoms with Crippen molar-refractivity contribution in [1.82, 2.24) is 9.97 Å². The Kier molecular flexibility index (Phi) is 5.82. The molecule has 0 saturated heterocycles. The average Bonchev–Trinajstić information content (AvgIpc) is 3.55. The van der Waals surface area contributed by atoms with Gasteiger partial charge < -0.3 is 4.42 Å². The topological polar surface area (TPSA) is 38.9 Å². The van der Waals surface area contributed by atoms with Gasteiger partial charge in [-0.2, -0.15) is 0 Å². The van der Waals surface area contributed by atoms with Gasteiger partial charge in [-0.05, 0) is 86.3 Å². The smallest absolute Gasteiger partial charge is 0.227 e. The molecule has 0 atom stereocenters. The van der Waals surface area contributed by atoms with Crippen LogP contribution in [-0.4, -0.2) is 9.97 Å². The van der Waals surface area contributed by atoms with Crippen LogP contribution < -0.4 is 0 Å². The Bertz CT molecular complexity index is 2500. The van der Waals surface area contributed by atoms with E-state index >= 15 is 0 Å². The van der Waals surface area contributed by atoms with E-state index in [1.54, 1.807) is 0 Å². The first-order valence-corrected chi connectivity index (χ1v) is 15.2. The molecule has 2 heterocycles. The minimum atomic E-state index is 0.622. The zero-order valence-corrected chi connectivity index (χ0v) is 24.3. The predicted molar refractivity (Wildman–Crippen MR) is 186 cm³/mol. The molecule has 0 aliphatic carbocycles. The van der Waals surface area contributed by atoms with E-state index in [4.69, 9.17) is 14.4 Å². The Labute approximate surface area is 260 Å². The minimum absolute atomic E-state index is 0.622. The van der Waals surface area contributed by atoms with Gasteiger partial charge in [0, 0.05) is 16.5 Å². The largest absolute Gasteiger partial charge is 0.436 e. The average molecular weight is 575 g/mol. The van der Waals surface area contributed by atoms with Crippen molar-refractivity contribution in [3.63, 3.8) is 0 Å². The second-order valence-electron chi connectivity index (χ2n) is 11.4. The number of aromatic nitrogens is 2. The molecule has 0 saturated carbocycles. The number of hydrogen-bond acceptors (Lipinski definition) is 3. The monoisotopic (exact) mass is 574 g/mol. The van der Waals surface area contributed by atoms with E-state index in [1.807, 2.05) is 24.3 Å². The molecule has 0 aliphatic rings. The van der Waals surface area contributed by atoms with Crippen LogP contribution in [0, 0.1) is 0 Å². The summed E-state index contributed by atoms with van der Waals surface area (Å²) in [5, 5.41) is 5.97. The number of pyridine rings is 1. The van der Waals surface area contributed by atoms with Crippen molar-refractivity contribution in [2.24, 2.45) is 0 Å². The summed E-state index contributed by atoms with van der Waals surface area (Å²) in [6, 6.07) is 55.3. The first-order valence-electron chi connectivity index (χ1n) is 15.2. The summed E-state index contributed by atoms with van der Waals surface area (Å²) in [5.74, 6) is 0.622. The Morgan fingerprint density at radius 1 is 0.378 bits per heavy atom. The molecule has 0 bridgehead atoms. The van der Waals surface area contributed by atoms with Crippen molar-refractivity contribution in [3.05, 3.63) is 158 Å². The quantitative estimate of drug-likeness (QED) is 0.210. The summed E-state index contributed by atoms with van der Waals surface area (Å²) < 4.78 is 6.07. The Balaban J connectivity index is 1.25. The van der Waals surface area contributed by atoms with Gasteiger partial charge in [0.25, 0.3) is 0 Å². The third kappa shape index (κ3) is 4.37. The molecule has 7 aromatic carbocycles. The number of oxazole rings is 1. The van der Waals surface area contributed by atoms with Crippen LogP contribution in [-0.2, 0) is 0 Å². The van der Waals surface area contributed by atoms with Crippen molar-refractivity contribution < 1.29 is 4.42 Å². The number of para-hydroxylation sites is 2. The van der Waals surface area contributed by atoms with Gasteiger partial charge in [-0.1, -0.05) is 115 Å². The molecule has 9 aromatic rings. The number of hydrogen-bond donors (Lipinski definition) is 0. The van der Waals surface area contributed by atoms with E-state index in [9.17, 15) is 0 Å². The highest BCUT2D eigenvalue weighted by atomic mass is 16.3. The van der Waals surface area contributed by atoms with E-state index in [0.29, 0.717) is 5.89 Å². The third-order valence-electron chi connectivity index (χ3n) is 8.71. The molecule has 0 aliphatic heterocycles. The number of fused-ring (bicyclic) bond motifs is 4. The van der Waals surface area contributed by atoms with Crippen LogP contribution in [0.1, 0.15) is 0 Å². The fraction of sp³-hybridized carbons (Fsp3) is 0. The fourth-order valence-electron chi connectivity index (χ4n) is 6.48. The molecular formula is C42H26N2O. The maximum absolute atomic E-state index is 6.07. The number of benzene rings is 7. The van der Waals surface area contributed by atoms with E-state index in [0.717, 1.165) is 50.0 Å². The number of nitrogens with zero attached hydrogens (tertiary/aromatic N) is 2. The molecule has 210 valence electrons. The van der Waals surface area contributed by atoms with Gasteiger partial charge in [0.05, 0.1) is 11.2 Å². The van der Waals surface area contributed by atoms with Crippen LogP contribution in [0.25, 0.3) is 88.5 Å². The summed E-state index contributed by atoms with van der Waals surface area (Å²) in [4.78, 5) is 9.95. The first-order chi connectivity index (χ1) is 22.3. The maximum atomic E-state index is 6.07. The summed E-state index contributed by atoms with van der Waals surface area (Å²) in [5.41, 5.74) is 10.3. The zero-order valence-electron chi connectivity index (χ0n) is 24.3. The Morgan fingerprint density at radius 2 is 1.00 bits per heavy atom. The summed E-state index contributed by atoms with van der Waals surface area (Å²) in [7, 11) is 0. The lowest BCUT2D eigenvalue weighted by Crippen LogP contribution is -1.92. The van der Waals surface area contributed by atoms with Gasteiger partial charge in [0.15, 0.2) is 5.58 Å². The van der Waals surface area contributed by atoms with Gasteiger partial charge in [-0.3, -0.25) is 0 Å². The van der Waals surface area contributed by atoms with Crippen LogP contribution in [0.2, 0.25) is 0 Å². The number of rotatable bonds is 4. The van der Waals surface area contributed by atoms with Crippen molar-refractivity contribution in [2.75, 3.05) is 0 Å². The molecule has 0 N–H and O–H groups in total. The second-order valence-corrected chi connectivity index (χ2v) is 11.4. The molecule has 0 amide bonds. The summed E-state index contributed by atoms with van der Waals surface area (Å²) >= 11 is 0. The normalized spacial score (nSPS) is 11.6. The maximum Gasteiger partial charge on any atom is 0.227 e. The van der Waals surface area contributed by atoms with Crippen LogP contribution in [0.5, 0.6) is 0 Å². The van der Waals surface area contributed by atoms with Gasteiger partial charge in [-0.25, -0.2) is 9.97 Å². The lowest BCUT2D eigenvalue weighted by Gasteiger charge is -2.14. The predicted octanol–water partition coefficient (Wildman–Crippen LogP) is 11.4. The van der Waals surface area contributed by atoms with Gasteiger partial charge in [0.2, 0.25) is 5.89 Å². The molecule has 0 spiro atoms. The lowest BCUT2D eigenvalue weighted by atomic mass is 9.92. The first kappa shape index (κ1) is 25.4. The van der Waals surface area contributed by atoms with Crippen LogP contribution in [0.3, 0.4) is 0 Å². The molecular weight excluding hydrogens is 548 g/mol. The van der Waals surface area contributed by atoms with Crippen molar-refractivity contribution in [1.29, 1.82) is 0 Å².